The van der Waals surface area contributed by atoms with Gasteiger partial charge in [0.2, 0.25) is 5.89 Å². The minimum atomic E-state index is -0.935. The van der Waals surface area contributed by atoms with E-state index in [0.29, 0.717) is 61.6 Å². The van der Waals surface area contributed by atoms with Crippen LogP contribution in [0.1, 0.15) is 49.6 Å². The zero-order chi connectivity index (χ0) is 40.7. The van der Waals surface area contributed by atoms with Crippen molar-refractivity contribution in [2.24, 2.45) is 0 Å². The molecule has 2 aromatic carbocycles. The Bertz CT molecular complexity index is 2220. The number of ether oxygens (including phenoxy) is 3. The van der Waals surface area contributed by atoms with Gasteiger partial charge in [-0.15, -0.1) is 8.97 Å². The molecule has 0 radical (unpaired) electrons. The number of fused-ring (bicyclic) bond motifs is 4. The third-order valence-corrected chi connectivity index (χ3v) is 11.7. The first kappa shape index (κ1) is 37.9. The third-order valence-electron chi connectivity index (χ3n) is 11.7. The van der Waals surface area contributed by atoms with Crippen LogP contribution in [0.4, 0.5) is 21.3 Å². The molecule has 3 aromatic rings. The van der Waals surface area contributed by atoms with E-state index in [2.05, 4.69) is 0 Å². The van der Waals surface area contributed by atoms with Crippen molar-refractivity contribution < 1.29 is 42.6 Å². The Morgan fingerprint density at radius 1 is 0.661 bits per heavy atom. The maximum absolute atomic E-state index is 15.6. The van der Waals surface area contributed by atoms with Gasteiger partial charge in [0.05, 0.1) is 6.61 Å². The van der Waals surface area contributed by atoms with Gasteiger partial charge in [-0.05, 0) is 43.7 Å². The highest BCUT2D eigenvalue weighted by molar-refractivity contribution is 6.08. The number of nitrogens with zero attached hydrogens (tertiary/aromatic N) is 5. The average molecular weight is 798 g/mol. The van der Waals surface area contributed by atoms with Crippen LogP contribution < -0.4 is 8.97 Å². The SMILES string of the molecule is CCOC(=O)Cc1nc([N+]2(C(=O)[C@@H]3CCCN3C(=O)OCc3ccccc3)C3=CC=C2C=C3)c([N+]2(C(=O)[C@@H]3CCCN3C(=O)OCc3ccccc3)C3=CC=C2C=C3)o1. The molecule has 0 aliphatic carbocycles. The quantitative estimate of drug-likeness (QED) is 0.116. The largest absolute Gasteiger partial charge is 0.466 e. The van der Waals surface area contributed by atoms with Crippen molar-refractivity contribution in [1.82, 2.24) is 23.7 Å². The molecular formula is C45H43N5O9+2. The molecule has 4 amide bonds. The van der Waals surface area contributed by atoms with Crippen molar-refractivity contribution in [3.05, 3.63) is 149 Å². The second kappa shape index (κ2) is 15.3. The maximum atomic E-state index is 15.6. The summed E-state index contributed by atoms with van der Waals surface area (Å²) in [7, 11) is 0. The van der Waals surface area contributed by atoms with Gasteiger partial charge in [-0.2, -0.15) is 4.98 Å². The number of hydrogen-bond acceptors (Lipinski definition) is 10. The number of aromatic nitrogens is 1. The molecule has 6 aliphatic heterocycles. The lowest BCUT2D eigenvalue weighted by molar-refractivity contribution is -0.142. The van der Waals surface area contributed by atoms with Crippen molar-refractivity contribution in [3.8, 4) is 0 Å². The summed E-state index contributed by atoms with van der Waals surface area (Å²) >= 11 is 0. The number of oxazole rings is 1. The van der Waals surface area contributed by atoms with E-state index in [1.807, 2.05) is 85.0 Å². The number of hydrogen-bond donors (Lipinski definition) is 0. The number of esters is 1. The smallest absolute Gasteiger partial charge is 0.410 e. The molecule has 6 aliphatic rings. The maximum Gasteiger partial charge on any atom is 0.410 e. The van der Waals surface area contributed by atoms with Crippen LogP contribution in [-0.2, 0) is 48.2 Å². The molecule has 0 unspecified atom stereocenters. The Morgan fingerprint density at radius 2 is 1.12 bits per heavy atom. The second-order valence-electron chi connectivity index (χ2n) is 15.1. The Kier molecular flexibility index (Phi) is 9.81. The standard InChI is InChI=1S/C45H43N5O9/c1-2-56-39(51)27-38-46-40(49(32-17-18-33(49)20-19-32)41(52)36-15-9-25-47(36)44(54)57-28-30-11-5-3-6-12-30)43(59-38)50(34-21-22-35(50)24-23-34)42(53)37-16-10-26-48(37)45(55)58-29-31-13-7-4-8-14-31/h3-8,11-14,17-24,36-37H,2,9-10,15-16,25-29H2,1H3/q+2/t36-,37-/m0/s1. The highest BCUT2D eigenvalue weighted by Gasteiger charge is 2.67. The Balaban J connectivity index is 1.12. The molecule has 14 heteroatoms. The minimum absolute atomic E-state index is 0.00533. The molecule has 9 rings (SSSR count). The number of carbonyl (C=O) groups excluding carboxylic acids is 5. The molecule has 2 atom stereocenters. The summed E-state index contributed by atoms with van der Waals surface area (Å²) in [5, 5.41) is 0. The van der Waals surface area contributed by atoms with Gasteiger partial charge < -0.3 is 18.6 Å². The van der Waals surface area contributed by atoms with Crippen LogP contribution in [0.2, 0.25) is 0 Å². The van der Waals surface area contributed by atoms with E-state index in [4.69, 9.17) is 23.6 Å². The Hall–Kier alpha value is -6.64. The van der Waals surface area contributed by atoms with Crippen LogP contribution >= 0.6 is 0 Å². The molecule has 1 aromatic heterocycles. The fourth-order valence-corrected chi connectivity index (χ4v) is 9.02. The van der Waals surface area contributed by atoms with Gasteiger partial charge in [-0.1, -0.05) is 60.7 Å². The normalized spacial score (nSPS) is 21.3. The number of quaternary nitrogens is 2. The lowest BCUT2D eigenvalue weighted by Crippen LogP contribution is -2.60. The predicted molar refractivity (Wildman–Crippen MR) is 214 cm³/mol. The Labute approximate surface area is 340 Å². The van der Waals surface area contributed by atoms with Crippen molar-refractivity contribution in [2.75, 3.05) is 19.7 Å². The number of rotatable bonds is 11. The number of likely N-dealkylation sites (tertiary alicyclic amines) is 2. The summed E-state index contributed by atoms with van der Waals surface area (Å²) < 4.78 is 22.2. The van der Waals surface area contributed by atoms with E-state index in [-0.39, 0.29) is 43.8 Å². The van der Waals surface area contributed by atoms with E-state index in [1.54, 1.807) is 31.2 Å². The number of carbonyl (C=O) groups is 5. The molecule has 300 valence electrons. The molecule has 59 heavy (non-hydrogen) atoms. The summed E-state index contributed by atoms with van der Waals surface area (Å²) in [6, 6.07) is 16.8. The van der Waals surface area contributed by atoms with E-state index in [0.717, 1.165) is 11.1 Å². The van der Waals surface area contributed by atoms with Crippen molar-refractivity contribution in [1.29, 1.82) is 0 Å². The van der Waals surface area contributed by atoms with Gasteiger partial charge in [-0.3, -0.25) is 14.6 Å². The van der Waals surface area contributed by atoms with Gasteiger partial charge in [0.25, 0.3) is 0 Å². The zero-order valence-corrected chi connectivity index (χ0v) is 32.5. The van der Waals surface area contributed by atoms with Gasteiger partial charge in [0.15, 0.2) is 34.9 Å². The van der Waals surface area contributed by atoms with Crippen LogP contribution in [0.3, 0.4) is 0 Å². The lowest BCUT2D eigenvalue weighted by Gasteiger charge is -2.36. The van der Waals surface area contributed by atoms with Crippen molar-refractivity contribution >= 4 is 41.7 Å². The second-order valence-corrected chi connectivity index (χ2v) is 15.1. The average Bonchev–Trinajstić information content (AvgIpc) is 4.14. The van der Waals surface area contributed by atoms with Crippen LogP contribution in [0.5, 0.6) is 0 Å². The molecule has 4 bridgehead atoms. The third kappa shape index (κ3) is 6.17. The predicted octanol–water partition coefficient (Wildman–Crippen LogP) is 6.75. The summed E-state index contributed by atoms with van der Waals surface area (Å²) in [6.45, 7) is 2.49. The van der Waals surface area contributed by atoms with E-state index in [9.17, 15) is 14.4 Å². The van der Waals surface area contributed by atoms with Crippen molar-refractivity contribution in [2.45, 2.75) is 64.3 Å². The first-order valence-electron chi connectivity index (χ1n) is 20.0. The lowest BCUT2D eigenvalue weighted by atomic mass is 10.1. The fourth-order valence-electron chi connectivity index (χ4n) is 9.02. The molecule has 0 spiro atoms. The van der Waals surface area contributed by atoms with E-state index >= 15 is 9.59 Å². The monoisotopic (exact) mass is 797 g/mol. The number of allylic oxidation sites excluding steroid dienone is 8. The molecule has 0 N–H and O–H groups in total. The number of benzene rings is 2. The van der Waals surface area contributed by atoms with Crippen LogP contribution in [0.15, 0.2) is 136 Å². The summed E-state index contributed by atoms with van der Waals surface area (Å²) in [5.41, 5.74) is 3.74. The molecular weight excluding hydrogens is 755 g/mol. The summed E-state index contributed by atoms with van der Waals surface area (Å²) in [6.07, 6.45) is 14.7. The van der Waals surface area contributed by atoms with Gasteiger partial charge in [0.1, 0.15) is 19.6 Å². The van der Waals surface area contributed by atoms with Gasteiger partial charge in [0, 0.05) is 61.7 Å². The molecule has 2 fully saturated rings. The highest BCUT2D eigenvalue weighted by Crippen LogP contribution is 2.56. The first-order valence-corrected chi connectivity index (χ1v) is 20.0. The van der Waals surface area contributed by atoms with Crippen LogP contribution in [0, 0.1) is 0 Å². The summed E-state index contributed by atoms with van der Waals surface area (Å²) in [5.74, 6) is -1.37. The molecule has 14 nitrogen and oxygen atoms in total. The van der Waals surface area contributed by atoms with Crippen LogP contribution in [-0.4, -0.2) is 76.5 Å². The molecule has 2 saturated heterocycles. The first-order chi connectivity index (χ1) is 28.8. The van der Waals surface area contributed by atoms with Crippen LogP contribution in [0.25, 0.3) is 0 Å². The van der Waals surface area contributed by atoms with E-state index < -0.39 is 51.0 Å². The molecule has 0 saturated carbocycles. The molecule has 7 heterocycles. The van der Waals surface area contributed by atoms with E-state index in [1.165, 1.54) is 9.80 Å². The highest BCUT2D eigenvalue weighted by atomic mass is 16.6. The number of amides is 4. The van der Waals surface area contributed by atoms with Gasteiger partial charge in [-0.25, -0.2) is 19.2 Å². The topological polar surface area (TPSA) is 146 Å². The summed E-state index contributed by atoms with van der Waals surface area (Å²) in [4.78, 5) is 79.5. The minimum Gasteiger partial charge on any atom is -0.466 e. The Morgan fingerprint density at radius 3 is 1.58 bits per heavy atom. The fraction of sp³-hybridized carbons (Fsp3) is 0.289. The van der Waals surface area contributed by atoms with Crippen molar-refractivity contribution in [3.63, 3.8) is 0 Å². The zero-order valence-electron chi connectivity index (χ0n) is 32.5. The van der Waals surface area contributed by atoms with Gasteiger partial charge >= 0.3 is 41.7 Å².